The van der Waals surface area contributed by atoms with Crippen LogP contribution in [0.3, 0.4) is 0 Å². The summed E-state index contributed by atoms with van der Waals surface area (Å²) in [6, 6.07) is 14.9. The first kappa shape index (κ1) is 30.7. The van der Waals surface area contributed by atoms with Gasteiger partial charge in [0.25, 0.3) is 0 Å². The zero-order valence-corrected chi connectivity index (χ0v) is 27.0. The van der Waals surface area contributed by atoms with E-state index in [1.807, 2.05) is 83.2 Å². The molecule has 3 aliphatic rings. The number of rotatable bonds is 6. The minimum Gasteiger partial charge on any atom is -0.469 e. The molecule has 5 atom stereocenters. The molecular formula is C36H37N5O6. The fourth-order valence-electron chi connectivity index (χ4n) is 7.07. The molecule has 5 heterocycles. The van der Waals surface area contributed by atoms with E-state index < -0.39 is 35.1 Å². The maximum atomic E-state index is 14.1. The molecule has 4 bridgehead atoms. The van der Waals surface area contributed by atoms with Gasteiger partial charge in [-0.25, -0.2) is 4.98 Å². The molecule has 47 heavy (non-hydrogen) atoms. The molecule has 2 aromatic carbocycles. The summed E-state index contributed by atoms with van der Waals surface area (Å²) in [5.74, 6) is -0.00949. The van der Waals surface area contributed by atoms with Crippen LogP contribution in [0.15, 0.2) is 57.6 Å². The second-order valence-corrected chi connectivity index (χ2v) is 14.2. The van der Waals surface area contributed by atoms with Gasteiger partial charge < -0.3 is 29.3 Å². The van der Waals surface area contributed by atoms with Gasteiger partial charge in [-0.05, 0) is 47.4 Å². The molecule has 0 saturated heterocycles. The first-order chi connectivity index (χ1) is 22.4. The minimum absolute atomic E-state index is 0.0885. The normalized spacial score (nSPS) is 23.4. The van der Waals surface area contributed by atoms with Crippen molar-refractivity contribution in [3.63, 3.8) is 0 Å². The summed E-state index contributed by atoms with van der Waals surface area (Å²) >= 11 is 0. The van der Waals surface area contributed by atoms with E-state index in [2.05, 4.69) is 15.6 Å². The fourth-order valence-corrected chi connectivity index (χ4v) is 7.07. The maximum Gasteiger partial charge on any atom is 0.250 e. The third-order valence-corrected chi connectivity index (χ3v) is 9.33. The second-order valence-electron chi connectivity index (χ2n) is 14.2. The summed E-state index contributed by atoms with van der Waals surface area (Å²) in [6.45, 7) is 9.77. The summed E-state index contributed by atoms with van der Waals surface area (Å²) in [6.07, 6.45) is -0.0526. The van der Waals surface area contributed by atoms with Crippen LogP contribution < -0.4 is 15.4 Å². The Labute approximate surface area is 272 Å². The highest BCUT2D eigenvalue weighted by Crippen LogP contribution is 2.59. The molecule has 7 rings (SSSR count). The highest BCUT2D eigenvalue weighted by Gasteiger charge is 2.61. The number of hydrogen-bond donors (Lipinski definition) is 3. The predicted octanol–water partition coefficient (Wildman–Crippen LogP) is 5.42. The number of hydrogen-bond acceptors (Lipinski definition) is 10. The molecule has 0 aliphatic carbocycles. The third-order valence-electron chi connectivity index (χ3n) is 9.33. The zero-order valence-electron chi connectivity index (χ0n) is 27.0. The van der Waals surface area contributed by atoms with E-state index in [-0.39, 0.29) is 53.6 Å². The number of oxazole rings is 2. The highest BCUT2D eigenvalue weighted by atomic mass is 16.5. The highest BCUT2D eigenvalue weighted by molar-refractivity contribution is 5.89. The van der Waals surface area contributed by atoms with E-state index in [1.54, 1.807) is 0 Å². The molecule has 0 radical (unpaired) electrons. The van der Waals surface area contributed by atoms with Crippen LogP contribution >= 0.6 is 0 Å². The topological polar surface area (TPSA) is 164 Å². The van der Waals surface area contributed by atoms with Crippen LogP contribution in [0.5, 0.6) is 5.75 Å². The number of aromatic nitrogens is 2. The second kappa shape index (κ2) is 11.1. The molecule has 2 unspecified atom stereocenters. The minimum atomic E-state index is -1.16. The van der Waals surface area contributed by atoms with Crippen molar-refractivity contribution >= 4 is 17.4 Å². The van der Waals surface area contributed by atoms with Gasteiger partial charge in [-0.2, -0.15) is 10.2 Å². The quantitative estimate of drug-likeness (QED) is 0.249. The summed E-state index contributed by atoms with van der Waals surface area (Å²) in [4.78, 5) is 36.8. The third kappa shape index (κ3) is 4.99. The Morgan fingerprint density at radius 1 is 1.15 bits per heavy atom. The molecule has 1 amide bonds. The molecule has 3 aliphatic heterocycles. The maximum absolute atomic E-state index is 14.1. The van der Waals surface area contributed by atoms with Crippen molar-refractivity contribution in [1.82, 2.24) is 15.3 Å². The van der Waals surface area contributed by atoms with Crippen molar-refractivity contribution in [3.8, 4) is 23.4 Å². The van der Waals surface area contributed by atoms with E-state index in [9.17, 15) is 20.0 Å². The predicted molar refractivity (Wildman–Crippen MR) is 170 cm³/mol. The van der Waals surface area contributed by atoms with Crippen molar-refractivity contribution in [1.29, 1.82) is 5.26 Å². The Morgan fingerprint density at radius 2 is 1.94 bits per heavy atom. The number of anilines is 1. The van der Waals surface area contributed by atoms with E-state index >= 15 is 0 Å². The lowest BCUT2D eigenvalue weighted by Crippen LogP contribution is -2.42. The number of nitrogens with zero attached hydrogens (tertiary/aromatic N) is 3. The van der Waals surface area contributed by atoms with Crippen LogP contribution in [0.25, 0.3) is 11.6 Å². The molecule has 0 saturated carbocycles. The number of fused-ring (bicyclic) bond motifs is 4. The van der Waals surface area contributed by atoms with E-state index in [1.165, 1.54) is 6.26 Å². The van der Waals surface area contributed by atoms with Crippen molar-refractivity contribution < 1.29 is 28.3 Å². The van der Waals surface area contributed by atoms with E-state index in [0.29, 0.717) is 17.9 Å². The van der Waals surface area contributed by atoms with Gasteiger partial charge in [0.15, 0.2) is 29.2 Å². The monoisotopic (exact) mass is 635 g/mol. The number of carbonyl (C=O) groups excluding carboxylic acids is 2. The number of Topliss-reactive ketones (excluding diaryl/α,β-unsaturated/α-hetero) is 1. The van der Waals surface area contributed by atoms with Gasteiger partial charge >= 0.3 is 0 Å². The Bertz CT molecular complexity index is 1930. The fraction of sp³-hybridized carbons (Fsp3) is 0.417. The first-order valence-corrected chi connectivity index (χ1v) is 15.9. The van der Waals surface area contributed by atoms with Crippen molar-refractivity contribution in [3.05, 3.63) is 82.8 Å². The molecule has 11 heteroatoms. The van der Waals surface area contributed by atoms with Gasteiger partial charge in [0, 0.05) is 23.6 Å². The summed E-state index contributed by atoms with van der Waals surface area (Å²) < 4.78 is 19.2. The summed E-state index contributed by atoms with van der Waals surface area (Å²) in [5, 5.41) is 26.9. The van der Waals surface area contributed by atoms with Crippen LogP contribution in [-0.2, 0) is 21.4 Å². The van der Waals surface area contributed by atoms with Gasteiger partial charge in [-0.15, -0.1) is 0 Å². The lowest BCUT2D eigenvalue weighted by Gasteiger charge is -2.32. The number of nitriles is 1. The van der Waals surface area contributed by atoms with Crippen LogP contribution in [0, 0.1) is 28.6 Å². The first-order valence-electron chi connectivity index (χ1n) is 15.9. The van der Waals surface area contributed by atoms with Crippen LogP contribution in [0.2, 0.25) is 0 Å². The van der Waals surface area contributed by atoms with Gasteiger partial charge in [0.2, 0.25) is 17.7 Å². The average Bonchev–Trinajstić information content (AvgIpc) is 3.79. The number of carbonyl (C=O) groups is 2. The van der Waals surface area contributed by atoms with E-state index in [0.717, 1.165) is 22.4 Å². The van der Waals surface area contributed by atoms with Crippen molar-refractivity contribution in [2.24, 2.45) is 17.3 Å². The standard InChI is InChI=1S/C36H37N5O6/c1-18(2)12-25(42)26(43)15-20-13-19-10-11-27-23(14-19)36(22-8-6-7-9-24(22)39-34(36)46-27)30-28(32-38-21(16-37)17-45-32)40-33(47-30)29(35(3,4)5)41-31(20)44/h6-11,14,17-18,20,25,29,34,39,42H,12-13,15H2,1-5H3,(H,41,44)/t20?,25-,29+,34-,36?/m0/s1. The van der Waals surface area contributed by atoms with Gasteiger partial charge in [0.05, 0.1) is 0 Å². The SMILES string of the molecule is CC(C)C[C@H](O)C(=O)CC1Cc2ccc3c(c2)C2(c4ccccc4N[C@H]2O3)c2oc(nc2-c2nc(C#N)co2)[C@H](C(C)(C)C)NC1=O. The van der Waals surface area contributed by atoms with Crippen molar-refractivity contribution in [2.45, 2.75) is 77.7 Å². The number of aliphatic hydroxyl groups is 1. The number of para-hydroxylation sites is 1. The Balaban J connectivity index is 1.47. The molecule has 242 valence electrons. The van der Waals surface area contributed by atoms with Crippen molar-refractivity contribution in [2.75, 3.05) is 5.32 Å². The zero-order chi connectivity index (χ0) is 33.2. The van der Waals surface area contributed by atoms with E-state index in [4.69, 9.17) is 18.6 Å². The number of ketones is 1. The summed E-state index contributed by atoms with van der Waals surface area (Å²) in [7, 11) is 0. The number of ether oxygens (including phenoxy) is 1. The van der Waals surface area contributed by atoms with Gasteiger partial charge in [0.1, 0.15) is 35.6 Å². The molecule has 1 spiro atoms. The Kier molecular flexibility index (Phi) is 7.24. The van der Waals surface area contributed by atoms with Crippen LogP contribution in [-0.4, -0.2) is 39.1 Å². The number of benzene rings is 2. The molecule has 0 fully saturated rings. The Hall–Kier alpha value is -4.95. The number of nitrogens with one attached hydrogen (secondary N) is 2. The lowest BCUT2D eigenvalue weighted by molar-refractivity contribution is -0.134. The lowest BCUT2D eigenvalue weighted by atomic mass is 9.72. The van der Waals surface area contributed by atoms with Gasteiger partial charge in [-0.3, -0.25) is 9.59 Å². The largest absolute Gasteiger partial charge is 0.469 e. The molecular weight excluding hydrogens is 598 g/mol. The van der Waals surface area contributed by atoms with Crippen LogP contribution in [0.4, 0.5) is 5.69 Å². The smallest absolute Gasteiger partial charge is 0.250 e. The molecule has 11 nitrogen and oxygen atoms in total. The van der Waals surface area contributed by atoms with Gasteiger partial charge in [-0.1, -0.05) is 65.0 Å². The average molecular weight is 636 g/mol. The molecule has 4 aromatic rings. The number of aliphatic hydroxyl groups excluding tert-OH is 1. The molecule has 3 N–H and O–H groups in total. The summed E-state index contributed by atoms with van der Waals surface area (Å²) in [5.41, 5.74) is 2.12. The number of amides is 1. The molecule has 2 aromatic heterocycles. The Morgan fingerprint density at radius 3 is 2.66 bits per heavy atom. The van der Waals surface area contributed by atoms with Crippen LogP contribution in [0.1, 0.15) is 87.5 Å².